The number of nitrogens with two attached hydrogens (primary N) is 1. The Kier molecular flexibility index (Phi) is 3.89. The molecule has 0 aromatic heterocycles. The largest absolute Gasteiger partial charge is 0.399 e. The van der Waals surface area contributed by atoms with Crippen LogP contribution in [0.25, 0.3) is 0 Å². The number of benzene rings is 1. The monoisotopic (exact) mass is 233 g/mol. The van der Waals surface area contributed by atoms with Crippen LogP contribution in [0, 0.1) is 5.92 Å². The van der Waals surface area contributed by atoms with Crippen LogP contribution in [-0.4, -0.2) is 30.6 Å². The maximum absolute atomic E-state index is 5.76. The fraction of sp³-hybridized carbons (Fsp3) is 0.571. The van der Waals surface area contributed by atoms with Gasteiger partial charge in [-0.1, -0.05) is 6.07 Å². The zero-order valence-corrected chi connectivity index (χ0v) is 10.8. The van der Waals surface area contributed by atoms with Crippen LogP contribution in [0.4, 0.5) is 11.4 Å². The average molecular weight is 233 g/mol. The van der Waals surface area contributed by atoms with Crippen LogP contribution in [0.5, 0.6) is 0 Å². The van der Waals surface area contributed by atoms with Crippen molar-refractivity contribution in [3.8, 4) is 0 Å². The van der Waals surface area contributed by atoms with Crippen molar-refractivity contribution >= 4 is 11.4 Å². The lowest BCUT2D eigenvalue weighted by Gasteiger charge is -2.20. The lowest BCUT2D eigenvalue weighted by Crippen LogP contribution is -2.29. The predicted molar refractivity (Wildman–Crippen MR) is 74.2 cm³/mol. The van der Waals surface area contributed by atoms with E-state index in [1.165, 1.54) is 19.5 Å². The molecule has 1 aromatic rings. The summed E-state index contributed by atoms with van der Waals surface area (Å²) in [6.45, 7) is 8.04. The van der Waals surface area contributed by atoms with Crippen LogP contribution in [0.2, 0.25) is 0 Å². The van der Waals surface area contributed by atoms with Gasteiger partial charge in [0.25, 0.3) is 0 Å². The molecule has 3 nitrogen and oxygen atoms in total. The van der Waals surface area contributed by atoms with Crippen LogP contribution in [0.15, 0.2) is 24.3 Å². The van der Waals surface area contributed by atoms with Gasteiger partial charge in [-0.3, -0.25) is 0 Å². The van der Waals surface area contributed by atoms with E-state index in [9.17, 15) is 0 Å². The Morgan fingerprint density at radius 2 is 2.29 bits per heavy atom. The molecule has 2 rings (SSSR count). The van der Waals surface area contributed by atoms with E-state index in [1.807, 2.05) is 18.2 Å². The molecule has 17 heavy (non-hydrogen) atoms. The normalized spacial score (nSPS) is 21.0. The summed E-state index contributed by atoms with van der Waals surface area (Å²) in [5, 5.41) is 3.48. The number of nitrogen functional groups attached to an aromatic ring is 1. The molecule has 0 aliphatic carbocycles. The van der Waals surface area contributed by atoms with E-state index < -0.39 is 0 Å². The van der Waals surface area contributed by atoms with Gasteiger partial charge in [0, 0.05) is 30.5 Å². The molecule has 0 bridgehead atoms. The van der Waals surface area contributed by atoms with Crippen LogP contribution in [0.1, 0.15) is 20.3 Å². The Balaban J connectivity index is 1.80. The van der Waals surface area contributed by atoms with Gasteiger partial charge in [-0.05, 0) is 50.9 Å². The Bertz CT molecular complexity index is 362. The van der Waals surface area contributed by atoms with E-state index >= 15 is 0 Å². The maximum atomic E-state index is 5.76. The molecule has 1 saturated heterocycles. The molecule has 94 valence electrons. The molecule has 1 atom stereocenters. The van der Waals surface area contributed by atoms with Gasteiger partial charge >= 0.3 is 0 Å². The van der Waals surface area contributed by atoms with Gasteiger partial charge in [-0.15, -0.1) is 0 Å². The topological polar surface area (TPSA) is 41.3 Å². The molecule has 0 amide bonds. The third-order valence-corrected chi connectivity index (χ3v) is 3.53. The van der Waals surface area contributed by atoms with E-state index in [-0.39, 0.29) is 0 Å². The summed E-state index contributed by atoms with van der Waals surface area (Å²) in [6.07, 6.45) is 1.30. The summed E-state index contributed by atoms with van der Waals surface area (Å²) in [7, 11) is 0. The van der Waals surface area contributed by atoms with Crippen molar-refractivity contribution in [2.24, 2.45) is 5.92 Å². The zero-order chi connectivity index (χ0) is 12.3. The van der Waals surface area contributed by atoms with Crippen molar-refractivity contribution in [1.82, 2.24) is 4.90 Å². The predicted octanol–water partition coefficient (Wildman–Crippen LogP) is 2.41. The number of anilines is 2. The third kappa shape index (κ3) is 3.37. The molecule has 0 radical (unpaired) electrons. The van der Waals surface area contributed by atoms with Gasteiger partial charge in [0.2, 0.25) is 0 Å². The highest BCUT2D eigenvalue weighted by molar-refractivity contribution is 5.54. The number of nitrogens with one attached hydrogen (secondary N) is 1. The fourth-order valence-electron chi connectivity index (χ4n) is 2.41. The molecule has 1 aromatic carbocycles. The lowest BCUT2D eigenvalue weighted by molar-refractivity contribution is 0.266. The number of rotatable bonds is 4. The molecule has 1 aliphatic rings. The first kappa shape index (κ1) is 12.2. The Hall–Kier alpha value is -1.22. The van der Waals surface area contributed by atoms with E-state index in [0.717, 1.165) is 23.8 Å². The Morgan fingerprint density at radius 1 is 1.47 bits per heavy atom. The molecule has 0 spiro atoms. The van der Waals surface area contributed by atoms with Gasteiger partial charge < -0.3 is 16.0 Å². The Labute approximate surface area is 104 Å². The summed E-state index contributed by atoms with van der Waals surface area (Å²) in [4.78, 5) is 2.55. The van der Waals surface area contributed by atoms with Gasteiger partial charge in [-0.25, -0.2) is 0 Å². The van der Waals surface area contributed by atoms with Crippen LogP contribution in [0.3, 0.4) is 0 Å². The molecular formula is C14H23N3. The number of nitrogens with zero attached hydrogens (tertiary/aromatic N) is 1. The number of likely N-dealkylation sites (tertiary alicyclic amines) is 1. The fourth-order valence-corrected chi connectivity index (χ4v) is 2.41. The molecule has 1 fully saturated rings. The molecule has 1 unspecified atom stereocenters. The average Bonchev–Trinajstić information content (AvgIpc) is 2.75. The lowest BCUT2D eigenvalue weighted by atomic mass is 10.1. The second-order valence-corrected chi connectivity index (χ2v) is 5.25. The number of hydrogen-bond donors (Lipinski definition) is 2. The minimum atomic E-state index is 0.673. The molecule has 0 saturated carbocycles. The molecule has 3 heteroatoms. The highest BCUT2D eigenvalue weighted by Crippen LogP contribution is 2.19. The van der Waals surface area contributed by atoms with Crippen molar-refractivity contribution in [2.75, 3.05) is 30.7 Å². The third-order valence-electron chi connectivity index (χ3n) is 3.53. The first-order valence-corrected chi connectivity index (χ1v) is 6.48. The van der Waals surface area contributed by atoms with Gasteiger partial charge in [0.1, 0.15) is 0 Å². The summed E-state index contributed by atoms with van der Waals surface area (Å²) in [6, 6.07) is 8.65. The van der Waals surface area contributed by atoms with E-state index in [0.29, 0.717) is 6.04 Å². The number of hydrogen-bond acceptors (Lipinski definition) is 3. The second kappa shape index (κ2) is 5.41. The zero-order valence-electron chi connectivity index (χ0n) is 10.8. The van der Waals surface area contributed by atoms with Gasteiger partial charge in [0.15, 0.2) is 0 Å². The van der Waals surface area contributed by atoms with Crippen molar-refractivity contribution in [1.29, 1.82) is 0 Å². The minimum absolute atomic E-state index is 0.673. The van der Waals surface area contributed by atoms with E-state index in [2.05, 4.69) is 30.1 Å². The van der Waals surface area contributed by atoms with Gasteiger partial charge in [-0.2, -0.15) is 0 Å². The molecule has 3 N–H and O–H groups in total. The SMILES string of the molecule is CC(C)N1CCC(CNc2cccc(N)c2)C1. The minimum Gasteiger partial charge on any atom is -0.399 e. The van der Waals surface area contributed by atoms with Crippen LogP contribution in [-0.2, 0) is 0 Å². The van der Waals surface area contributed by atoms with E-state index in [1.54, 1.807) is 0 Å². The first-order chi connectivity index (χ1) is 8.15. The first-order valence-electron chi connectivity index (χ1n) is 6.48. The van der Waals surface area contributed by atoms with Crippen molar-refractivity contribution in [3.05, 3.63) is 24.3 Å². The molecule has 1 heterocycles. The molecular weight excluding hydrogens is 210 g/mol. The van der Waals surface area contributed by atoms with Crippen molar-refractivity contribution in [2.45, 2.75) is 26.3 Å². The molecule has 1 aliphatic heterocycles. The summed E-state index contributed by atoms with van der Waals surface area (Å²) in [5.74, 6) is 0.763. The Morgan fingerprint density at radius 3 is 2.94 bits per heavy atom. The smallest absolute Gasteiger partial charge is 0.0360 e. The van der Waals surface area contributed by atoms with Crippen molar-refractivity contribution in [3.63, 3.8) is 0 Å². The summed E-state index contributed by atoms with van der Waals surface area (Å²) >= 11 is 0. The van der Waals surface area contributed by atoms with Gasteiger partial charge in [0.05, 0.1) is 0 Å². The summed E-state index contributed by atoms with van der Waals surface area (Å²) in [5.41, 5.74) is 7.71. The highest BCUT2D eigenvalue weighted by Gasteiger charge is 2.23. The standard InChI is InChI=1S/C14H23N3/c1-11(2)17-7-6-12(10-17)9-16-14-5-3-4-13(15)8-14/h3-5,8,11-12,16H,6-7,9-10,15H2,1-2H3. The summed E-state index contributed by atoms with van der Waals surface area (Å²) < 4.78 is 0. The van der Waals surface area contributed by atoms with Crippen LogP contribution >= 0.6 is 0 Å². The maximum Gasteiger partial charge on any atom is 0.0360 e. The van der Waals surface area contributed by atoms with Crippen molar-refractivity contribution < 1.29 is 0 Å². The van der Waals surface area contributed by atoms with E-state index in [4.69, 9.17) is 5.73 Å². The van der Waals surface area contributed by atoms with Crippen LogP contribution < -0.4 is 11.1 Å². The quantitative estimate of drug-likeness (QED) is 0.785. The highest BCUT2D eigenvalue weighted by atomic mass is 15.2. The second-order valence-electron chi connectivity index (χ2n) is 5.25.